The molecule has 0 radical (unpaired) electrons. The Morgan fingerprint density at radius 2 is 2.22 bits per heavy atom. The van der Waals surface area contributed by atoms with Crippen molar-refractivity contribution >= 4 is 11.1 Å². The molecule has 0 amide bonds. The normalized spacial score (nSPS) is 19.2. The smallest absolute Gasteiger partial charge is 0.181 e. The summed E-state index contributed by atoms with van der Waals surface area (Å²) >= 11 is 0. The Labute approximate surface area is 105 Å². The molecule has 0 spiro atoms. The summed E-state index contributed by atoms with van der Waals surface area (Å²) in [5.74, 6) is 0. The van der Waals surface area contributed by atoms with Crippen molar-refractivity contribution in [2.75, 3.05) is 32.7 Å². The number of hydrogen-bond donors (Lipinski definition) is 2. The first-order chi connectivity index (χ1) is 8.83. The molecular weight excluding hydrogens is 230 g/mol. The van der Waals surface area contributed by atoms with Gasteiger partial charge >= 0.3 is 0 Å². The van der Waals surface area contributed by atoms with Gasteiger partial charge in [0.15, 0.2) is 12.0 Å². The summed E-state index contributed by atoms with van der Waals surface area (Å²) in [7, 11) is 0. The maximum absolute atomic E-state index is 10.2. The fourth-order valence-corrected chi connectivity index (χ4v) is 2.32. The van der Waals surface area contributed by atoms with Crippen LogP contribution in [-0.4, -0.2) is 47.7 Å². The molecule has 3 rings (SSSR count). The largest absolute Gasteiger partial charge is 0.443 e. The van der Waals surface area contributed by atoms with Gasteiger partial charge in [-0.2, -0.15) is 0 Å². The lowest BCUT2D eigenvalue weighted by atomic mass is 10.1. The van der Waals surface area contributed by atoms with Gasteiger partial charge in [-0.1, -0.05) is 6.07 Å². The lowest BCUT2D eigenvalue weighted by Gasteiger charge is -2.29. The number of fused-ring (bicyclic) bond motifs is 1. The van der Waals surface area contributed by atoms with Gasteiger partial charge in [-0.15, -0.1) is 0 Å². The van der Waals surface area contributed by atoms with Crippen LogP contribution in [0.4, 0.5) is 0 Å². The summed E-state index contributed by atoms with van der Waals surface area (Å²) < 4.78 is 5.25. The fraction of sp³-hybridized carbons (Fsp3) is 0.462. The summed E-state index contributed by atoms with van der Waals surface area (Å²) in [5.41, 5.74) is 2.44. The van der Waals surface area contributed by atoms with Gasteiger partial charge in [-0.3, -0.25) is 4.90 Å². The molecule has 1 saturated heterocycles. The number of aromatic nitrogens is 1. The average molecular weight is 247 g/mol. The minimum absolute atomic E-state index is 0.474. The molecule has 1 atom stereocenters. The number of hydrogen-bond acceptors (Lipinski definition) is 5. The van der Waals surface area contributed by atoms with Crippen LogP contribution in [0.2, 0.25) is 0 Å². The van der Waals surface area contributed by atoms with E-state index in [-0.39, 0.29) is 0 Å². The first-order valence-corrected chi connectivity index (χ1v) is 6.27. The molecule has 1 aromatic carbocycles. The van der Waals surface area contributed by atoms with E-state index in [2.05, 4.69) is 15.2 Å². The summed E-state index contributed by atoms with van der Waals surface area (Å²) in [6.07, 6.45) is 0.953. The van der Waals surface area contributed by atoms with Crippen LogP contribution in [-0.2, 0) is 0 Å². The van der Waals surface area contributed by atoms with Crippen LogP contribution in [0.5, 0.6) is 0 Å². The number of aliphatic hydroxyl groups is 1. The standard InChI is InChI=1S/C13H17N3O2/c17-12(8-16-5-3-14-4-6-16)10-1-2-11-13(7-10)18-9-15-11/h1-2,7,9,12,14,17H,3-6,8H2. The van der Waals surface area contributed by atoms with Gasteiger partial charge in [-0.25, -0.2) is 4.98 Å². The number of nitrogens with zero attached hydrogens (tertiary/aromatic N) is 2. The first kappa shape index (κ1) is 11.6. The minimum Gasteiger partial charge on any atom is -0.443 e. The SMILES string of the molecule is OC(CN1CCNCC1)c1ccc2ncoc2c1. The third-order valence-corrected chi connectivity index (χ3v) is 3.38. The lowest BCUT2D eigenvalue weighted by molar-refractivity contribution is 0.105. The third-order valence-electron chi connectivity index (χ3n) is 3.38. The molecule has 0 saturated carbocycles. The molecule has 1 aliphatic rings. The Hall–Kier alpha value is -1.43. The van der Waals surface area contributed by atoms with E-state index in [1.54, 1.807) is 0 Å². The van der Waals surface area contributed by atoms with Gasteiger partial charge in [0, 0.05) is 32.7 Å². The molecule has 2 heterocycles. The van der Waals surface area contributed by atoms with Gasteiger partial charge in [0.2, 0.25) is 0 Å². The molecule has 5 heteroatoms. The van der Waals surface area contributed by atoms with E-state index in [0.717, 1.165) is 42.8 Å². The van der Waals surface area contributed by atoms with Crippen LogP contribution in [0.25, 0.3) is 11.1 Å². The average Bonchev–Trinajstić information content (AvgIpc) is 2.87. The van der Waals surface area contributed by atoms with Crippen molar-refractivity contribution in [3.05, 3.63) is 30.2 Å². The van der Waals surface area contributed by atoms with Crippen LogP contribution < -0.4 is 5.32 Å². The van der Waals surface area contributed by atoms with E-state index in [1.807, 2.05) is 18.2 Å². The van der Waals surface area contributed by atoms with E-state index >= 15 is 0 Å². The molecule has 1 aliphatic heterocycles. The van der Waals surface area contributed by atoms with Crippen molar-refractivity contribution in [3.8, 4) is 0 Å². The molecular formula is C13H17N3O2. The van der Waals surface area contributed by atoms with E-state index < -0.39 is 6.10 Å². The first-order valence-electron chi connectivity index (χ1n) is 6.27. The highest BCUT2D eigenvalue weighted by atomic mass is 16.3. The predicted octanol–water partition coefficient (Wildman–Crippen LogP) is 0.766. The molecule has 2 aromatic rings. The van der Waals surface area contributed by atoms with E-state index in [0.29, 0.717) is 6.54 Å². The molecule has 5 nitrogen and oxygen atoms in total. The fourth-order valence-electron chi connectivity index (χ4n) is 2.32. The second kappa shape index (κ2) is 5.06. The van der Waals surface area contributed by atoms with Gasteiger partial charge < -0.3 is 14.8 Å². The molecule has 96 valence electrons. The Bertz CT molecular complexity index is 520. The Morgan fingerprint density at radius 3 is 3.06 bits per heavy atom. The Kier molecular flexibility index (Phi) is 3.27. The third kappa shape index (κ3) is 2.38. The summed E-state index contributed by atoms with van der Waals surface area (Å²) in [6, 6.07) is 5.67. The second-order valence-corrected chi connectivity index (χ2v) is 4.65. The molecule has 1 aromatic heterocycles. The number of oxazole rings is 1. The van der Waals surface area contributed by atoms with Crippen LogP contribution in [0.15, 0.2) is 29.0 Å². The molecule has 0 bridgehead atoms. The quantitative estimate of drug-likeness (QED) is 0.838. The number of nitrogens with one attached hydrogen (secondary N) is 1. The van der Waals surface area contributed by atoms with Crippen LogP contribution in [0, 0.1) is 0 Å². The number of β-amino-alcohol motifs (C(OH)–C–C–N with tert-alkyl or cyclic N) is 1. The molecule has 0 aliphatic carbocycles. The molecule has 1 unspecified atom stereocenters. The molecule has 18 heavy (non-hydrogen) atoms. The lowest BCUT2D eigenvalue weighted by Crippen LogP contribution is -2.44. The number of benzene rings is 1. The topological polar surface area (TPSA) is 61.5 Å². The maximum atomic E-state index is 10.2. The highest BCUT2D eigenvalue weighted by Crippen LogP contribution is 2.20. The summed E-state index contributed by atoms with van der Waals surface area (Å²) in [6.45, 7) is 4.63. The van der Waals surface area contributed by atoms with Crippen molar-refractivity contribution in [1.82, 2.24) is 15.2 Å². The van der Waals surface area contributed by atoms with Crippen molar-refractivity contribution < 1.29 is 9.52 Å². The summed E-state index contributed by atoms with van der Waals surface area (Å²) in [4.78, 5) is 6.34. The van der Waals surface area contributed by atoms with Crippen LogP contribution >= 0.6 is 0 Å². The van der Waals surface area contributed by atoms with Crippen molar-refractivity contribution in [3.63, 3.8) is 0 Å². The highest BCUT2D eigenvalue weighted by molar-refractivity contribution is 5.72. The van der Waals surface area contributed by atoms with Gasteiger partial charge in [0.1, 0.15) is 5.52 Å². The van der Waals surface area contributed by atoms with Crippen molar-refractivity contribution in [2.24, 2.45) is 0 Å². The number of rotatable bonds is 3. The number of aliphatic hydroxyl groups excluding tert-OH is 1. The van der Waals surface area contributed by atoms with E-state index in [4.69, 9.17) is 4.42 Å². The van der Waals surface area contributed by atoms with E-state index in [1.165, 1.54) is 6.39 Å². The van der Waals surface area contributed by atoms with Crippen LogP contribution in [0.1, 0.15) is 11.7 Å². The van der Waals surface area contributed by atoms with Gasteiger partial charge in [-0.05, 0) is 17.7 Å². The van der Waals surface area contributed by atoms with Crippen molar-refractivity contribution in [1.29, 1.82) is 0 Å². The van der Waals surface area contributed by atoms with Crippen LogP contribution in [0.3, 0.4) is 0 Å². The zero-order valence-electron chi connectivity index (χ0n) is 10.2. The Balaban J connectivity index is 1.72. The highest BCUT2D eigenvalue weighted by Gasteiger charge is 2.16. The minimum atomic E-state index is -0.474. The second-order valence-electron chi connectivity index (χ2n) is 4.65. The van der Waals surface area contributed by atoms with Gasteiger partial charge in [0.05, 0.1) is 6.10 Å². The van der Waals surface area contributed by atoms with Crippen molar-refractivity contribution in [2.45, 2.75) is 6.10 Å². The molecule has 2 N–H and O–H groups in total. The summed E-state index contributed by atoms with van der Waals surface area (Å²) in [5, 5.41) is 13.5. The molecule has 1 fully saturated rings. The Morgan fingerprint density at radius 1 is 1.39 bits per heavy atom. The van der Waals surface area contributed by atoms with E-state index in [9.17, 15) is 5.11 Å². The predicted molar refractivity (Wildman–Crippen MR) is 68.3 cm³/mol. The zero-order chi connectivity index (χ0) is 12.4. The van der Waals surface area contributed by atoms with Gasteiger partial charge in [0.25, 0.3) is 0 Å². The monoisotopic (exact) mass is 247 g/mol. The number of piperazine rings is 1. The zero-order valence-corrected chi connectivity index (χ0v) is 10.2. The maximum Gasteiger partial charge on any atom is 0.181 e.